The van der Waals surface area contributed by atoms with Crippen LogP contribution in [0.15, 0.2) is 71.7 Å². The van der Waals surface area contributed by atoms with E-state index in [1.165, 1.54) is 30.3 Å². The van der Waals surface area contributed by atoms with Gasteiger partial charge >= 0.3 is 6.36 Å². The molecule has 0 fully saturated rings. The van der Waals surface area contributed by atoms with Crippen LogP contribution in [0, 0.1) is 17.6 Å². The molecule has 0 saturated heterocycles. The monoisotopic (exact) mass is 488 g/mol. The highest BCUT2D eigenvalue weighted by molar-refractivity contribution is 6.05. The first-order valence-corrected chi connectivity index (χ1v) is 10.9. The van der Waals surface area contributed by atoms with Crippen LogP contribution in [-0.2, 0) is 4.79 Å². The van der Waals surface area contributed by atoms with Crippen molar-refractivity contribution in [1.29, 1.82) is 0 Å². The Morgan fingerprint density at radius 2 is 1.54 bits per heavy atom. The van der Waals surface area contributed by atoms with Gasteiger partial charge in [0.25, 0.3) is 0 Å². The molecule has 1 heterocycles. The zero-order chi connectivity index (χ0) is 25.2. The van der Waals surface area contributed by atoms with Gasteiger partial charge in [-0.05, 0) is 47.9 Å². The van der Waals surface area contributed by atoms with Gasteiger partial charge in [-0.3, -0.25) is 9.79 Å². The first-order valence-electron chi connectivity index (χ1n) is 10.9. The highest BCUT2D eigenvalue weighted by atomic mass is 19.4. The van der Waals surface area contributed by atoms with Crippen molar-refractivity contribution in [2.45, 2.75) is 25.7 Å². The van der Waals surface area contributed by atoms with Crippen LogP contribution in [0.5, 0.6) is 5.75 Å². The summed E-state index contributed by atoms with van der Waals surface area (Å²) in [6.07, 6.45) is -4.69. The van der Waals surface area contributed by atoms with Crippen LogP contribution < -0.4 is 10.1 Å². The molecule has 0 bridgehead atoms. The molecule has 0 spiro atoms. The van der Waals surface area contributed by atoms with Crippen LogP contribution in [0.25, 0.3) is 11.1 Å². The Hall–Kier alpha value is -3.75. The molecule has 1 amide bonds. The number of alkyl halides is 3. The van der Waals surface area contributed by atoms with Crippen molar-refractivity contribution in [3.63, 3.8) is 0 Å². The van der Waals surface area contributed by atoms with E-state index in [-0.39, 0.29) is 29.4 Å². The third-order valence-corrected chi connectivity index (χ3v) is 5.70. The van der Waals surface area contributed by atoms with Gasteiger partial charge in [0.15, 0.2) is 0 Å². The predicted molar refractivity (Wildman–Crippen MR) is 121 cm³/mol. The smallest absolute Gasteiger partial charge is 0.406 e. The van der Waals surface area contributed by atoms with Crippen LogP contribution in [0.2, 0.25) is 0 Å². The Labute approximate surface area is 198 Å². The number of nitrogens with one attached hydrogen (secondary N) is 1. The third kappa shape index (κ3) is 5.50. The first-order chi connectivity index (χ1) is 16.7. The van der Waals surface area contributed by atoms with Gasteiger partial charge in [-0.1, -0.05) is 42.5 Å². The molecule has 0 aromatic heterocycles. The summed E-state index contributed by atoms with van der Waals surface area (Å²) in [6.45, 7) is 2.18. The lowest BCUT2D eigenvalue weighted by atomic mass is 9.90. The average molecular weight is 488 g/mol. The molecule has 182 valence electrons. The van der Waals surface area contributed by atoms with E-state index >= 15 is 0 Å². The molecule has 1 unspecified atom stereocenters. The van der Waals surface area contributed by atoms with Crippen molar-refractivity contribution < 1.29 is 31.5 Å². The number of amides is 1. The number of carbonyl (C=O) groups is 1. The summed E-state index contributed by atoms with van der Waals surface area (Å²) < 4.78 is 69.8. The summed E-state index contributed by atoms with van der Waals surface area (Å²) in [6, 6.07) is 15.4. The van der Waals surface area contributed by atoms with E-state index in [2.05, 4.69) is 15.0 Å². The summed E-state index contributed by atoms with van der Waals surface area (Å²) >= 11 is 0. The van der Waals surface area contributed by atoms with E-state index in [1.54, 1.807) is 31.2 Å². The van der Waals surface area contributed by atoms with E-state index in [0.717, 1.165) is 17.7 Å². The molecule has 2 atom stereocenters. The second-order valence-electron chi connectivity index (χ2n) is 8.02. The van der Waals surface area contributed by atoms with Gasteiger partial charge in [-0.25, -0.2) is 8.78 Å². The quantitative estimate of drug-likeness (QED) is 0.419. The van der Waals surface area contributed by atoms with Crippen molar-refractivity contribution in [2.75, 3.05) is 6.54 Å². The maximum atomic E-state index is 14.4. The molecule has 9 heteroatoms. The molecule has 4 rings (SSSR count). The topological polar surface area (TPSA) is 50.7 Å². The predicted octanol–water partition coefficient (Wildman–Crippen LogP) is 6.22. The fourth-order valence-corrected chi connectivity index (χ4v) is 4.14. The van der Waals surface area contributed by atoms with Gasteiger partial charge in [-0.2, -0.15) is 0 Å². The minimum Gasteiger partial charge on any atom is -0.406 e. The number of benzene rings is 3. The molecule has 4 nitrogen and oxygen atoms in total. The van der Waals surface area contributed by atoms with Crippen molar-refractivity contribution in [3.05, 3.63) is 89.5 Å². The Morgan fingerprint density at radius 3 is 2.09 bits per heavy atom. The van der Waals surface area contributed by atoms with Crippen molar-refractivity contribution in [2.24, 2.45) is 10.9 Å². The number of carbonyl (C=O) groups excluding carboxylic acids is 1. The van der Waals surface area contributed by atoms with E-state index < -0.39 is 30.0 Å². The maximum absolute atomic E-state index is 14.4. The number of hydrogen-bond donors (Lipinski definition) is 1. The standard InChI is InChI=1S/C26H21F5N2O2/c1-2-32-25(34)19-14-22(23-20(27)4-3-5-21(23)28)33-24(19)17-8-6-15(7-9-17)16-10-12-18(13-11-16)35-26(29,30)31/h3-13,19,24H,2,14H2,1H3,(H,32,34)/t19-,24?/m0/s1. The van der Waals surface area contributed by atoms with E-state index in [0.29, 0.717) is 17.7 Å². The SMILES string of the molecule is CCNC(=O)[C@H]1CC(c2c(F)cccc2F)=NC1c1ccc(-c2ccc(OC(F)(F)F)cc2)cc1. The lowest BCUT2D eigenvalue weighted by Crippen LogP contribution is -2.32. The minimum absolute atomic E-state index is 0.0801. The molecule has 3 aromatic rings. The Kier molecular flexibility index (Phi) is 6.86. The molecular weight excluding hydrogens is 467 g/mol. The van der Waals surface area contributed by atoms with E-state index in [1.807, 2.05) is 0 Å². The Morgan fingerprint density at radius 1 is 0.971 bits per heavy atom. The van der Waals surface area contributed by atoms with Gasteiger partial charge in [0.05, 0.1) is 17.5 Å². The van der Waals surface area contributed by atoms with Gasteiger partial charge < -0.3 is 10.1 Å². The zero-order valence-electron chi connectivity index (χ0n) is 18.6. The molecule has 0 aliphatic carbocycles. The molecule has 1 N–H and O–H groups in total. The Bertz CT molecular complexity index is 1220. The number of ether oxygens (including phenoxy) is 1. The molecule has 0 radical (unpaired) electrons. The van der Waals surface area contributed by atoms with Gasteiger partial charge in [0.2, 0.25) is 5.91 Å². The largest absolute Gasteiger partial charge is 0.573 e. The molecule has 0 saturated carbocycles. The number of nitrogens with zero attached hydrogens (tertiary/aromatic N) is 1. The molecule has 3 aromatic carbocycles. The van der Waals surface area contributed by atoms with Gasteiger partial charge in [0, 0.05) is 18.7 Å². The fraction of sp³-hybridized carbons (Fsp3) is 0.231. The van der Waals surface area contributed by atoms with Gasteiger partial charge in [-0.15, -0.1) is 13.2 Å². The average Bonchev–Trinajstić information content (AvgIpc) is 3.24. The van der Waals surface area contributed by atoms with E-state index in [9.17, 15) is 26.7 Å². The van der Waals surface area contributed by atoms with Crippen LogP contribution in [0.4, 0.5) is 22.0 Å². The maximum Gasteiger partial charge on any atom is 0.573 e. The summed E-state index contributed by atoms with van der Waals surface area (Å²) in [5, 5.41) is 2.76. The Balaban J connectivity index is 1.62. The zero-order valence-corrected chi connectivity index (χ0v) is 18.6. The summed E-state index contributed by atoms with van der Waals surface area (Å²) in [5.41, 5.74) is 2.02. The second-order valence-corrected chi connectivity index (χ2v) is 8.02. The third-order valence-electron chi connectivity index (χ3n) is 5.70. The molecule has 1 aliphatic heterocycles. The normalized spacial score (nSPS) is 17.7. The molecule has 1 aliphatic rings. The van der Waals surface area contributed by atoms with Crippen molar-refractivity contribution >= 4 is 11.6 Å². The van der Waals surface area contributed by atoms with Crippen LogP contribution in [0.3, 0.4) is 0 Å². The summed E-state index contributed by atoms with van der Waals surface area (Å²) in [4.78, 5) is 17.3. The number of rotatable bonds is 6. The molecule has 35 heavy (non-hydrogen) atoms. The summed E-state index contributed by atoms with van der Waals surface area (Å²) in [7, 11) is 0. The highest BCUT2D eigenvalue weighted by Crippen LogP contribution is 2.38. The second kappa shape index (κ2) is 9.85. The molecular formula is C26H21F5N2O2. The lowest BCUT2D eigenvalue weighted by Gasteiger charge is -2.18. The first kappa shape index (κ1) is 24.4. The minimum atomic E-state index is -4.77. The van der Waals surface area contributed by atoms with Crippen molar-refractivity contribution in [1.82, 2.24) is 5.32 Å². The highest BCUT2D eigenvalue weighted by Gasteiger charge is 2.37. The van der Waals surface area contributed by atoms with Crippen LogP contribution in [-0.4, -0.2) is 24.5 Å². The van der Waals surface area contributed by atoms with Crippen LogP contribution >= 0.6 is 0 Å². The number of aliphatic imine (C=N–C) groups is 1. The summed E-state index contributed by atoms with van der Waals surface area (Å²) in [5.74, 6) is -2.72. The number of hydrogen-bond acceptors (Lipinski definition) is 3. The van der Waals surface area contributed by atoms with Crippen molar-refractivity contribution in [3.8, 4) is 16.9 Å². The fourth-order valence-electron chi connectivity index (χ4n) is 4.14. The lowest BCUT2D eigenvalue weighted by molar-refractivity contribution is -0.274. The van der Waals surface area contributed by atoms with Crippen LogP contribution in [0.1, 0.15) is 30.5 Å². The number of halogens is 5. The van der Waals surface area contributed by atoms with E-state index in [4.69, 9.17) is 0 Å². The van der Waals surface area contributed by atoms with Gasteiger partial charge in [0.1, 0.15) is 17.4 Å².